The van der Waals surface area contributed by atoms with E-state index in [9.17, 15) is 17.6 Å². The number of hydrogen-bond donors (Lipinski definition) is 1. The third-order valence-corrected chi connectivity index (χ3v) is 4.73. The van der Waals surface area contributed by atoms with Crippen LogP contribution in [0.3, 0.4) is 0 Å². The molecule has 1 aliphatic rings. The lowest BCUT2D eigenvalue weighted by molar-refractivity contribution is -0.134. The molecule has 1 aliphatic heterocycles. The van der Waals surface area contributed by atoms with Gasteiger partial charge in [-0.2, -0.15) is 0 Å². The molecule has 1 saturated heterocycles. The van der Waals surface area contributed by atoms with Gasteiger partial charge < -0.3 is 10.2 Å². The normalized spacial score (nSPS) is 19.2. The molecule has 7 heteroatoms. The molecule has 1 amide bonds. The molecule has 1 atom stereocenters. The van der Waals surface area contributed by atoms with E-state index in [1.165, 1.54) is 12.1 Å². The summed E-state index contributed by atoms with van der Waals surface area (Å²) in [5, 5.41) is 3.21. The van der Waals surface area contributed by atoms with Crippen molar-refractivity contribution in [3.8, 4) is 0 Å². The van der Waals surface area contributed by atoms with Gasteiger partial charge in [-0.25, -0.2) is 12.8 Å². The summed E-state index contributed by atoms with van der Waals surface area (Å²) in [6.45, 7) is 1.80. The molecular formula is C15H21FN2O3S. The summed E-state index contributed by atoms with van der Waals surface area (Å²) >= 11 is 0. The van der Waals surface area contributed by atoms with Crippen LogP contribution in [0.15, 0.2) is 24.3 Å². The lowest BCUT2D eigenvalue weighted by Gasteiger charge is -2.36. The molecule has 1 fully saturated rings. The van der Waals surface area contributed by atoms with Gasteiger partial charge in [-0.05, 0) is 24.1 Å². The quantitative estimate of drug-likeness (QED) is 0.880. The maximum atomic E-state index is 13.4. The van der Waals surface area contributed by atoms with E-state index >= 15 is 0 Å². The maximum absolute atomic E-state index is 13.4. The van der Waals surface area contributed by atoms with Crippen LogP contribution < -0.4 is 5.32 Å². The standard InChI is InChI=1S/C15H21FN2O3S/c1-22(20,21)9-3-6-15(19)18-8-7-17-11-14(18)12-4-2-5-13(16)10-12/h2,4-5,10,14,17H,3,6-9,11H2,1H3. The largest absolute Gasteiger partial charge is 0.333 e. The fraction of sp³-hybridized carbons (Fsp3) is 0.533. The lowest BCUT2D eigenvalue weighted by Crippen LogP contribution is -2.48. The minimum atomic E-state index is -3.05. The first-order valence-electron chi connectivity index (χ1n) is 7.30. The van der Waals surface area contributed by atoms with Crippen molar-refractivity contribution in [3.63, 3.8) is 0 Å². The number of halogens is 1. The van der Waals surface area contributed by atoms with Crippen molar-refractivity contribution in [1.29, 1.82) is 0 Å². The number of amides is 1. The Kier molecular flexibility index (Phi) is 5.52. The molecule has 22 heavy (non-hydrogen) atoms. The molecule has 0 saturated carbocycles. The zero-order chi connectivity index (χ0) is 16.2. The van der Waals surface area contributed by atoms with Crippen LogP contribution in [0.1, 0.15) is 24.4 Å². The predicted molar refractivity (Wildman–Crippen MR) is 82.7 cm³/mol. The Morgan fingerprint density at radius 1 is 1.45 bits per heavy atom. The molecule has 0 bridgehead atoms. The van der Waals surface area contributed by atoms with Gasteiger partial charge in [0.15, 0.2) is 0 Å². The minimum absolute atomic E-state index is 0.00939. The van der Waals surface area contributed by atoms with Crippen LogP contribution in [0.4, 0.5) is 4.39 Å². The summed E-state index contributed by atoms with van der Waals surface area (Å²) in [5.74, 6) is -0.401. The average molecular weight is 328 g/mol. The number of piperazine rings is 1. The molecule has 1 N–H and O–H groups in total. The Hall–Kier alpha value is -1.47. The highest BCUT2D eigenvalue weighted by atomic mass is 32.2. The van der Waals surface area contributed by atoms with Crippen LogP contribution in [-0.2, 0) is 14.6 Å². The van der Waals surface area contributed by atoms with Gasteiger partial charge >= 0.3 is 0 Å². The second-order valence-corrected chi connectivity index (χ2v) is 7.86. The van der Waals surface area contributed by atoms with E-state index in [2.05, 4.69) is 5.32 Å². The Balaban J connectivity index is 2.04. The van der Waals surface area contributed by atoms with Gasteiger partial charge in [-0.1, -0.05) is 12.1 Å². The molecule has 1 aromatic carbocycles. The first-order chi connectivity index (χ1) is 10.4. The van der Waals surface area contributed by atoms with Gasteiger partial charge in [-0.3, -0.25) is 4.79 Å². The predicted octanol–water partition coefficient (Wildman–Crippen LogP) is 1.12. The number of hydrogen-bond acceptors (Lipinski definition) is 4. The maximum Gasteiger partial charge on any atom is 0.223 e. The molecule has 0 spiro atoms. The minimum Gasteiger partial charge on any atom is -0.333 e. The molecule has 0 aliphatic carbocycles. The summed E-state index contributed by atoms with van der Waals surface area (Å²) < 4.78 is 35.7. The molecule has 2 rings (SSSR count). The number of carbonyl (C=O) groups is 1. The highest BCUT2D eigenvalue weighted by molar-refractivity contribution is 7.90. The Morgan fingerprint density at radius 2 is 2.23 bits per heavy atom. The Labute approximate surface area is 130 Å². The summed E-state index contributed by atoms with van der Waals surface area (Å²) in [5.41, 5.74) is 0.753. The van der Waals surface area contributed by atoms with Crippen molar-refractivity contribution < 1.29 is 17.6 Å². The molecule has 0 radical (unpaired) electrons. The number of nitrogens with one attached hydrogen (secondary N) is 1. The molecule has 1 unspecified atom stereocenters. The van der Waals surface area contributed by atoms with E-state index < -0.39 is 9.84 Å². The first kappa shape index (κ1) is 16.9. The number of nitrogens with zero attached hydrogens (tertiary/aromatic N) is 1. The SMILES string of the molecule is CS(=O)(=O)CCCC(=O)N1CCNCC1c1cccc(F)c1. The molecule has 1 heterocycles. The van der Waals surface area contributed by atoms with Crippen molar-refractivity contribution in [3.05, 3.63) is 35.6 Å². The van der Waals surface area contributed by atoms with Crippen molar-refractivity contribution in [2.75, 3.05) is 31.6 Å². The average Bonchev–Trinajstić information content (AvgIpc) is 2.46. The van der Waals surface area contributed by atoms with Gasteiger partial charge in [0.05, 0.1) is 11.8 Å². The van der Waals surface area contributed by atoms with Gasteiger partial charge in [-0.15, -0.1) is 0 Å². The molecule has 5 nitrogen and oxygen atoms in total. The van der Waals surface area contributed by atoms with Gasteiger partial charge in [0.25, 0.3) is 0 Å². The van der Waals surface area contributed by atoms with E-state index in [1.807, 2.05) is 0 Å². The summed E-state index contributed by atoms with van der Waals surface area (Å²) in [6, 6.07) is 6.03. The van der Waals surface area contributed by atoms with Crippen molar-refractivity contribution in [2.45, 2.75) is 18.9 Å². The van der Waals surface area contributed by atoms with Crippen LogP contribution in [0.2, 0.25) is 0 Å². The van der Waals surface area contributed by atoms with E-state index in [1.54, 1.807) is 17.0 Å². The summed E-state index contributed by atoms with van der Waals surface area (Å²) in [4.78, 5) is 14.1. The second-order valence-electron chi connectivity index (χ2n) is 5.60. The molecular weight excluding hydrogens is 307 g/mol. The van der Waals surface area contributed by atoms with Crippen molar-refractivity contribution >= 4 is 15.7 Å². The smallest absolute Gasteiger partial charge is 0.223 e. The van der Waals surface area contributed by atoms with Gasteiger partial charge in [0.2, 0.25) is 5.91 Å². The highest BCUT2D eigenvalue weighted by Crippen LogP contribution is 2.23. The Morgan fingerprint density at radius 3 is 2.91 bits per heavy atom. The lowest BCUT2D eigenvalue weighted by atomic mass is 10.0. The second kappa shape index (κ2) is 7.19. The zero-order valence-electron chi connectivity index (χ0n) is 12.6. The molecule has 1 aromatic rings. The number of benzene rings is 1. The van der Waals surface area contributed by atoms with Crippen molar-refractivity contribution in [2.24, 2.45) is 0 Å². The number of carbonyl (C=O) groups excluding carboxylic acids is 1. The van der Waals surface area contributed by atoms with Gasteiger partial charge in [0, 0.05) is 32.3 Å². The number of sulfone groups is 1. The molecule has 0 aromatic heterocycles. The van der Waals surface area contributed by atoms with Gasteiger partial charge in [0.1, 0.15) is 15.7 Å². The van der Waals surface area contributed by atoms with E-state index in [0.29, 0.717) is 26.1 Å². The summed E-state index contributed by atoms with van der Waals surface area (Å²) in [6.07, 6.45) is 1.67. The monoisotopic (exact) mass is 328 g/mol. The molecule has 122 valence electrons. The van der Waals surface area contributed by atoms with Crippen molar-refractivity contribution in [1.82, 2.24) is 10.2 Å². The van der Waals surface area contributed by atoms with Crippen LogP contribution in [0.25, 0.3) is 0 Å². The van der Waals surface area contributed by atoms with E-state index in [4.69, 9.17) is 0 Å². The van der Waals surface area contributed by atoms with E-state index in [-0.39, 0.29) is 29.9 Å². The number of rotatable bonds is 5. The topological polar surface area (TPSA) is 66.5 Å². The third kappa shape index (κ3) is 4.78. The first-order valence-corrected chi connectivity index (χ1v) is 9.36. The van der Waals surface area contributed by atoms with Crippen LogP contribution >= 0.6 is 0 Å². The Bertz CT molecular complexity index is 633. The summed E-state index contributed by atoms with van der Waals surface area (Å²) in [7, 11) is -3.05. The zero-order valence-corrected chi connectivity index (χ0v) is 13.4. The van der Waals surface area contributed by atoms with E-state index in [0.717, 1.165) is 11.8 Å². The third-order valence-electron chi connectivity index (χ3n) is 3.70. The fourth-order valence-corrected chi connectivity index (χ4v) is 3.31. The fourth-order valence-electron chi connectivity index (χ4n) is 2.64. The van der Waals surface area contributed by atoms with Crippen LogP contribution in [-0.4, -0.2) is 50.9 Å². The van der Waals surface area contributed by atoms with Crippen LogP contribution in [0.5, 0.6) is 0 Å². The van der Waals surface area contributed by atoms with Crippen LogP contribution in [0, 0.1) is 5.82 Å². The highest BCUT2D eigenvalue weighted by Gasteiger charge is 2.27.